The van der Waals surface area contributed by atoms with Crippen molar-refractivity contribution < 1.29 is 19.4 Å². The molecule has 4 aromatic rings. The highest BCUT2D eigenvalue weighted by atomic mass is 16.5. The van der Waals surface area contributed by atoms with E-state index in [0.29, 0.717) is 11.3 Å². The van der Waals surface area contributed by atoms with E-state index in [0.717, 1.165) is 43.8 Å². The van der Waals surface area contributed by atoms with Crippen molar-refractivity contribution in [1.82, 2.24) is 15.8 Å². The van der Waals surface area contributed by atoms with Crippen LogP contribution in [0.15, 0.2) is 70.0 Å². The normalized spacial score (nSPS) is 21.4. The van der Waals surface area contributed by atoms with Crippen molar-refractivity contribution in [3.05, 3.63) is 71.0 Å². The van der Waals surface area contributed by atoms with Crippen molar-refractivity contribution >= 4 is 22.5 Å². The number of benzene rings is 2. The molecule has 2 saturated heterocycles. The number of aromatic nitrogens is 1. The lowest BCUT2D eigenvalue weighted by atomic mass is 10.1. The van der Waals surface area contributed by atoms with Crippen molar-refractivity contribution in [2.45, 2.75) is 32.0 Å². The zero-order chi connectivity index (χ0) is 27.1. The van der Waals surface area contributed by atoms with Gasteiger partial charge in [0.25, 0.3) is 0 Å². The van der Waals surface area contributed by atoms with Crippen molar-refractivity contribution in [2.75, 3.05) is 36.0 Å². The smallest absolute Gasteiger partial charge is 0.205 e. The van der Waals surface area contributed by atoms with Gasteiger partial charge in [0.2, 0.25) is 5.75 Å². The van der Waals surface area contributed by atoms with E-state index in [4.69, 9.17) is 9.15 Å². The van der Waals surface area contributed by atoms with Crippen LogP contribution < -0.4 is 30.8 Å². The summed E-state index contributed by atoms with van der Waals surface area (Å²) >= 11 is 0. The van der Waals surface area contributed by atoms with Crippen LogP contribution >= 0.6 is 0 Å². The van der Waals surface area contributed by atoms with Crippen LogP contribution in [0, 0.1) is 0 Å². The summed E-state index contributed by atoms with van der Waals surface area (Å²) in [6.07, 6.45) is 1.48. The summed E-state index contributed by atoms with van der Waals surface area (Å²) in [6, 6.07) is 16.1. The first-order valence-corrected chi connectivity index (χ1v) is 13.1. The SMILES string of the molecule is CC1NNC(C)C1Oc1c(O)cc(O)c2c(=O)cc(-c3ccc(N4CCN(c5ccccn5)CC4)cc3)oc12. The second-order valence-corrected chi connectivity index (χ2v) is 10.1. The molecular formula is C29H31N5O5. The molecule has 0 saturated carbocycles. The molecule has 2 aliphatic rings. The highest BCUT2D eigenvalue weighted by molar-refractivity contribution is 5.91. The fraction of sp³-hybridized carbons (Fsp3) is 0.310. The zero-order valence-electron chi connectivity index (χ0n) is 21.8. The van der Waals surface area contributed by atoms with Crippen LogP contribution in [0.1, 0.15) is 13.8 Å². The quantitative estimate of drug-likeness (QED) is 0.306. The molecule has 0 bridgehead atoms. The Labute approximate surface area is 225 Å². The van der Waals surface area contributed by atoms with Gasteiger partial charge in [-0.1, -0.05) is 6.07 Å². The summed E-state index contributed by atoms with van der Waals surface area (Å²) in [4.78, 5) is 22.1. The minimum Gasteiger partial charge on any atom is -0.507 e. The third kappa shape index (κ3) is 4.73. The Kier molecular flexibility index (Phi) is 6.49. The molecule has 0 radical (unpaired) electrons. The number of aromatic hydroxyl groups is 2. The monoisotopic (exact) mass is 529 g/mol. The molecule has 0 amide bonds. The number of phenolic OH excluding ortho intramolecular Hbond substituents is 2. The summed E-state index contributed by atoms with van der Waals surface area (Å²) in [5, 5.41) is 21.1. The van der Waals surface area contributed by atoms with E-state index in [1.807, 2.05) is 62.5 Å². The van der Waals surface area contributed by atoms with E-state index in [9.17, 15) is 15.0 Å². The first-order valence-electron chi connectivity index (χ1n) is 13.1. The molecule has 0 aliphatic carbocycles. The topological polar surface area (TPSA) is 123 Å². The number of pyridine rings is 1. The molecule has 2 atom stereocenters. The third-order valence-electron chi connectivity index (χ3n) is 7.46. The number of hydrazine groups is 1. The Morgan fingerprint density at radius 1 is 0.923 bits per heavy atom. The lowest BCUT2D eigenvalue weighted by Crippen LogP contribution is -2.46. The Bertz CT molecular complexity index is 1520. The predicted molar refractivity (Wildman–Crippen MR) is 150 cm³/mol. The summed E-state index contributed by atoms with van der Waals surface area (Å²) in [7, 11) is 0. The van der Waals surface area contributed by atoms with E-state index < -0.39 is 5.43 Å². The number of rotatable bonds is 5. The van der Waals surface area contributed by atoms with Crippen molar-refractivity contribution in [2.24, 2.45) is 0 Å². The molecular weight excluding hydrogens is 498 g/mol. The van der Waals surface area contributed by atoms with Gasteiger partial charge in [-0.25, -0.2) is 4.98 Å². The molecule has 2 unspecified atom stereocenters. The van der Waals surface area contributed by atoms with Crippen molar-refractivity contribution in [1.29, 1.82) is 0 Å². The molecule has 2 aromatic carbocycles. The minimum atomic E-state index is -0.424. The van der Waals surface area contributed by atoms with Gasteiger partial charge < -0.3 is 29.2 Å². The lowest BCUT2D eigenvalue weighted by molar-refractivity contribution is 0.171. The average Bonchev–Trinajstić information content (AvgIpc) is 3.27. The molecule has 4 N–H and O–H groups in total. The van der Waals surface area contributed by atoms with Crippen LogP contribution in [0.25, 0.3) is 22.3 Å². The second-order valence-electron chi connectivity index (χ2n) is 10.1. The van der Waals surface area contributed by atoms with Crippen LogP contribution in [0.5, 0.6) is 17.2 Å². The van der Waals surface area contributed by atoms with Crippen LogP contribution in [0.3, 0.4) is 0 Å². The average molecular weight is 530 g/mol. The maximum Gasteiger partial charge on any atom is 0.205 e. The molecule has 10 heteroatoms. The maximum atomic E-state index is 13.1. The van der Waals surface area contributed by atoms with Gasteiger partial charge >= 0.3 is 0 Å². The largest absolute Gasteiger partial charge is 0.507 e. The minimum absolute atomic E-state index is 0.0102. The van der Waals surface area contributed by atoms with Crippen LogP contribution in [0.2, 0.25) is 0 Å². The van der Waals surface area contributed by atoms with Gasteiger partial charge in [-0.05, 0) is 50.2 Å². The van der Waals surface area contributed by atoms with Gasteiger partial charge in [0.05, 0.1) is 12.1 Å². The number of hydrogen-bond donors (Lipinski definition) is 4. The van der Waals surface area contributed by atoms with E-state index in [2.05, 4.69) is 25.6 Å². The highest BCUT2D eigenvalue weighted by Gasteiger charge is 2.34. The fourth-order valence-electron chi connectivity index (χ4n) is 5.31. The van der Waals surface area contributed by atoms with Gasteiger partial charge in [-0.3, -0.25) is 15.6 Å². The Balaban J connectivity index is 1.27. The van der Waals surface area contributed by atoms with E-state index in [1.54, 1.807) is 0 Å². The number of hydrogen-bond acceptors (Lipinski definition) is 10. The zero-order valence-corrected chi connectivity index (χ0v) is 21.8. The third-order valence-corrected chi connectivity index (χ3v) is 7.46. The number of piperazine rings is 1. The van der Waals surface area contributed by atoms with Crippen LogP contribution in [-0.2, 0) is 0 Å². The summed E-state index contributed by atoms with van der Waals surface area (Å²) < 4.78 is 12.3. The van der Waals surface area contributed by atoms with Crippen LogP contribution in [-0.4, -0.2) is 59.6 Å². The Hall–Kier alpha value is -4.28. The van der Waals surface area contributed by atoms with Gasteiger partial charge in [-0.15, -0.1) is 0 Å². The van der Waals surface area contributed by atoms with Gasteiger partial charge in [-0.2, -0.15) is 0 Å². The van der Waals surface area contributed by atoms with Gasteiger partial charge in [0.15, 0.2) is 16.8 Å². The summed E-state index contributed by atoms with van der Waals surface area (Å²) in [5.41, 5.74) is 7.56. The first-order chi connectivity index (χ1) is 18.9. The van der Waals surface area contributed by atoms with Crippen molar-refractivity contribution in [3.63, 3.8) is 0 Å². The molecule has 39 heavy (non-hydrogen) atoms. The Morgan fingerprint density at radius 3 is 2.28 bits per heavy atom. The molecule has 2 aliphatic heterocycles. The molecule has 6 rings (SSSR count). The molecule has 2 fully saturated rings. The summed E-state index contributed by atoms with van der Waals surface area (Å²) in [5.74, 6) is 0.672. The number of anilines is 2. The van der Waals surface area contributed by atoms with Crippen LogP contribution in [0.4, 0.5) is 11.5 Å². The number of phenols is 2. The molecule has 0 spiro atoms. The molecule has 4 heterocycles. The fourth-order valence-corrected chi connectivity index (χ4v) is 5.31. The number of nitrogens with zero attached hydrogens (tertiary/aromatic N) is 3. The first kappa shape index (κ1) is 25.0. The standard InChI is InChI=1S/C29H31N5O5/c1-17-27(18(2)32-31-17)39-28-23(37)15-21(35)26-22(36)16-24(38-29(26)28)19-6-8-20(9-7-19)33-11-13-34(14-12-33)25-5-3-4-10-30-25/h3-10,15-18,27,31-32,35,37H,11-14H2,1-2H3. The molecule has 202 valence electrons. The Morgan fingerprint density at radius 2 is 1.62 bits per heavy atom. The van der Waals surface area contributed by atoms with Crippen molar-refractivity contribution in [3.8, 4) is 28.6 Å². The lowest BCUT2D eigenvalue weighted by Gasteiger charge is -2.36. The second kappa shape index (κ2) is 10.1. The molecule has 2 aromatic heterocycles. The number of ether oxygens (including phenoxy) is 1. The van der Waals surface area contributed by atoms with Gasteiger partial charge in [0, 0.05) is 55.8 Å². The highest BCUT2D eigenvalue weighted by Crippen LogP contribution is 2.41. The van der Waals surface area contributed by atoms with Gasteiger partial charge in [0.1, 0.15) is 28.8 Å². The maximum absolute atomic E-state index is 13.1. The van der Waals surface area contributed by atoms with E-state index in [1.165, 1.54) is 6.07 Å². The van der Waals surface area contributed by atoms with E-state index in [-0.39, 0.29) is 46.4 Å². The molecule has 10 nitrogen and oxygen atoms in total. The predicted octanol–water partition coefficient (Wildman–Crippen LogP) is 3.23. The number of fused-ring (bicyclic) bond motifs is 1. The summed E-state index contributed by atoms with van der Waals surface area (Å²) in [6.45, 7) is 7.36. The van der Waals surface area contributed by atoms with E-state index >= 15 is 0 Å². The number of nitrogens with one attached hydrogen (secondary N) is 2.